The highest BCUT2D eigenvalue weighted by molar-refractivity contribution is 5.81. The summed E-state index contributed by atoms with van der Waals surface area (Å²) >= 11 is 0. The molecule has 136 valence electrons. The molecule has 1 aromatic rings. The predicted molar refractivity (Wildman–Crippen MR) is 93.2 cm³/mol. The highest BCUT2D eigenvalue weighted by atomic mass is 16.5. The van der Waals surface area contributed by atoms with Gasteiger partial charge in [-0.2, -0.15) is 10.5 Å². The Balaban J connectivity index is 1.97. The molecule has 2 atom stereocenters. The van der Waals surface area contributed by atoms with Gasteiger partial charge in [-0.15, -0.1) is 4.99 Å². The number of hydrogen-bond donors (Lipinski definition) is 2. The summed E-state index contributed by atoms with van der Waals surface area (Å²) in [4.78, 5) is 5.82. The maximum atomic E-state index is 10.9. The monoisotopic (exact) mass is 355 g/mol. The number of guanidine groups is 1. The molecule has 2 aliphatic rings. The van der Waals surface area contributed by atoms with Crippen LogP contribution in [0.25, 0.3) is 0 Å². The lowest BCUT2D eigenvalue weighted by atomic mass is 9.86. The maximum Gasteiger partial charge on any atom is 0.210 e. The van der Waals surface area contributed by atoms with Crippen LogP contribution in [0.15, 0.2) is 23.2 Å². The van der Waals surface area contributed by atoms with E-state index in [0.29, 0.717) is 49.1 Å². The number of morpholine rings is 1. The first-order valence-corrected chi connectivity index (χ1v) is 8.43. The Morgan fingerprint density at radius 1 is 1.35 bits per heavy atom. The van der Waals surface area contributed by atoms with E-state index in [1.165, 1.54) is 0 Å². The molecular weight excluding hydrogens is 334 g/mol. The molecule has 2 N–H and O–H groups in total. The molecule has 0 aromatic heterocycles. The second-order valence-corrected chi connectivity index (χ2v) is 6.77. The summed E-state index contributed by atoms with van der Waals surface area (Å²) in [7, 11) is 0. The van der Waals surface area contributed by atoms with Gasteiger partial charge in [-0.3, -0.25) is 0 Å². The average Bonchev–Trinajstić information content (AvgIpc) is 2.65. The van der Waals surface area contributed by atoms with Gasteiger partial charge in [0.2, 0.25) is 12.2 Å². The Labute approximate surface area is 152 Å². The van der Waals surface area contributed by atoms with E-state index in [-0.39, 0.29) is 0 Å². The van der Waals surface area contributed by atoms with Crippen molar-refractivity contribution >= 4 is 5.96 Å². The Morgan fingerprint density at radius 3 is 2.73 bits per heavy atom. The second-order valence-electron chi connectivity index (χ2n) is 6.77. The molecule has 1 saturated heterocycles. The molecule has 26 heavy (non-hydrogen) atoms. The summed E-state index contributed by atoms with van der Waals surface area (Å²) < 4.78 is 11.3. The lowest BCUT2D eigenvalue weighted by Crippen LogP contribution is -2.56. The van der Waals surface area contributed by atoms with Gasteiger partial charge in [-0.05, 0) is 32.0 Å². The van der Waals surface area contributed by atoms with Gasteiger partial charge < -0.3 is 24.8 Å². The molecule has 3 rings (SSSR count). The lowest BCUT2D eigenvalue weighted by Gasteiger charge is -2.43. The van der Waals surface area contributed by atoms with Gasteiger partial charge in [0.25, 0.3) is 0 Å². The molecular formula is C18H21N5O3. The highest BCUT2D eigenvalue weighted by Gasteiger charge is 2.43. The molecule has 2 heterocycles. The molecule has 1 fully saturated rings. The molecule has 1 aromatic carbocycles. The smallest absolute Gasteiger partial charge is 0.210 e. The third-order valence-corrected chi connectivity index (χ3v) is 4.63. The van der Waals surface area contributed by atoms with E-state index in [9.17, 15) is 10.4 Å². The van der Waals surface area contributed by atoms with E-state index in [0.717, 1.165) is 0 Å². The van der Waals surface area contributed by atoms with E-state index in [1.54, 1.807) is 32.0 Å². The second kappa shape index (κ2) is 7.20. The SMILES string of the molecule is CC1(C)Oc2ccc(C#N)cc2C(N/C(=N\C#N)N2CCOCC2)C1O. The van der Waals surface area contributed by atoms with E-state index in [2.05, 4.69) is 16.4 Å². The van der Waals surface area contributed by atoms with Gasteiger partial charge in [0.15, 0.2) is 0 Å². The number of hydrogen-bond acceptors (Lipinski definition) is 6. The fraction of sp³-hybridized carbons (Fsp3) is 0.500. The fourth-order valence-electron chi connectivity index (χ4n) is 3.18. The van der Waals surface area contributed by atoms with Crippen LogP contribution >= 0.6 is 0 Å². The minimum atomic E-state index is -0.908. The lowest BCUT2D eigenvalue weighted by molar-refractivity contribution is -0.0618. The number of aliphatic hydroxyl groups is 1. The number of rotatable bonds is 1. The number of benzene rings is 1. The number of aliphatic imine (C=N–C) groups is 1. The molecule has 0 amide bonds. The molecule has 0 spiro atoms. The third-order valence-electron chi connectivity index (χ3n) is 4.63. The molecule has 8 heteroatoms. The van der Waals surface area contributed by atoms with Crippen molar-refractivity contribution in [2.75, 3.05) is 26.3 Å². The minimum Gasteiger partial charge on any atom is -0.485 e. The van der Waals surface area contributed by atoms with Crippen molar-refractivity contribution in [3.63, 3.8) is 0 Å². The topological polar surface area (TPSA) is 114 Å². The summed E-state index contributed by atoms with van der Waals surface area (Å²) in [6, 6.07) is 6.62. The number of nitrogens with zero attached hydrogens (tertiary/aromatic N) is 4. The minimum absolute atomic E-state index is 0.380. The summed E-state index contributed by atoms with van der Waals surface area (Å²) in [5.41, 5.74) is 0.285. The summed E-state index contributed by atoms with van der Waals surface area (Å²) in [5, 5.41) is 32.3. The van der Waals surface area contributed by atoms with Crippen molar-refractivity contribution in [1.82, 2.24) is 10.2 Å². The van der Waals surface area contributed by atoms with Crippen molar-refractivity contribution < 1.29 is 14.6 Å². The van der Waals surface area contributed by atoms with Crippen LogP contribution < -0.4 is 10.1 Å². The Bertz CT molecular complexity index is 787. The molecule has 2 aliphatic heterocycles. The van der Waals surface area contributed by atoms with Gasteiger partial charge >= 0.3 is 0 Å². The van der Waals surface area contributed by atoms with Gasteiger partial charge in [0.05, 0.1) is 30.9 Å². The molecule has 0 saturated carbocycles. The Hall–Kier alpha value is -2.81. The van der Waals surface area contributed by atoms with Gasteiger partial charge in [0, 0.05) is 18.7 Å². The van der Waals surface area contributed by atoms with E-state index in [4.69, 9.17) is 14.7 Å². The van der Waals surface area contributed by atoms with Gasteiger partial charge in [-0.1, -0.05) is 0 Å². The predicted octanol–water partition coefficient (Wildman–Crippen LogP) is 0.890. The summed E-state index contributed by atoms with van der Waals surface area (Å²) in [6.45, 7) is 5.88. The van der Waals surface area contributed by atoms with Gasteiger partial charge in [-0.25, -0.2) is 0 Å². The van der Waals surface area contributed by atoms with E-state index in [1.807, 2.05) is 11.1 Å². The standard InChI is InChI=1S/C18H21N5O3/c1-18(2)16(24)15(13-9-12(10-19)3-4-14(13)26-18)22-17(21-11-20)23-5-7-25-8-6-23/h3-4,9,15-16,24H,5-8H2,1-2H3,(H,21,22). The first kappa shape index (κ1) is 18.0. The summed E-state index contributed by atoms with van der Waals surface area (Å²) in [6.07, 6.45) is 0.906. The quantitative estimate of drug-likeness (QED) is 0.437. The van der Waals surface area contributed by atoms with Crippen LogP contribution in [0.3, 0.4) is 0 Å². The van der Waals surface area contributed by atoms with Crippen molar-refractivity contribution in [2.45, 2.75) is 31.6 Å². The third kappa shape index (κ3) is 3.43. The zero-order valence-corrected chi connectivity index (χ0v) is 14.8. The number of nitrogens with one attached hydrogen (secondary N) is 1. The van der Waals surface area contributed by atoms with Crippen LogP contribution in [-0.4, -0.2) is 54.0 Å². The molecule has 0 radical (unpaired) electrons. The number of ether oxygens (including phenoxy) is 2. The molecule has 8 nitrogen and oxygen atoms in total. The molecule has 2 unspecified atom stereocenters. The Morgan fingerprint density at radius 2 is 2.08 bits per heavy atom. The first-order valence-electron chi connectivity index (χ1n) is 8.43. The van der Waals surface area contributed by atoms with Crippen LogP contribution in [0.2, 0.25) is 0 Å². The summed E-state index contributed by atoms with van der Waals surface area (Å²) in [5.74, 6) is 0.973. The number of fused-ring (bicyclic) bond motifs is 1. The van der Waals surface area contributed by atoms with Crippen LogP contribution in [0.5, 0.6) is 5.75 Å². The Kier molecular flexibility index (Phi) is 4.99. The van der Waals surface area contributed by atoms with Gasteiger partial charge in [0.1, 0.15) is 17.5 Å². The van der Waals surface area contributed by atoms with E-state index >= 15 is 0 Å². The number of aliphatic hydroxyl groups excluding tert-OH is 1. The molecule has 0 bridgehead atoms. The van der Waals surface area contributed by atoms with Crippen molar-refractivity contribution in [3.05, 3.63) is 29.3 Å². The normalized spacial score (nSPS) is 24.7. The van der Waals surface area contributed by atoms with Crippen LogP contribution in [0.4, 0.5) is 0 Å². The van der Waals surface area contributed by atoms with E-state index < -0.39 is 17.7 Å². The molecule has 0 aliphatic carbocycles. The largest absolute Gasteiger partial charge is 0.485 e. The van der Waals surface area contributed by atoms with Crippen molar-refractivity contribution in [3.8, 4) is 18.0 Å². The van der Waals surface area contributed by atoms with Crippen molar-refractivity contribution in [2.24, 2.45) is 4.99 Å². The van der Waals surface area contributed by atoms with Crippen LogP contribution in [-0.2, 0) is 4.74 Å². The van der Waals surface area contributed by atoms with Crippen LogP contribution in [0.1, 0.15) is 31.0 Å². The highest BCUT2D eigenvalue weighted by Crippen LogP contribution is 2.40. The average molecular weight is 355 g/mol. The van der Waals surface area contributed by atoms with Crippen LogP contribution in [0, 0.1) is 22.8 Å². The first-order chi connectivity index (χ1) is 12.5. The van der Waals surface area contributed by atoms with Crippen molar-refractivity contribution in [1.29, 1.82) is 10.5 Å². The zero-order chi connectivity index (χ0) is 18.7. The fourth-order valence-corrected chi connectivity index (χ4v) is 3.18. The number of nitriles is 2. The maximum absolute atomic E-state index is 10.9. The zero-order valence-electron chi connectivity index (χ0n) is 14.8.